The summed E-state index contributed by atoms with van der Waals surface area (Å²) in [6.07, 6.45) is 3.91. The number of rotatable bonds is 5. The molecule has 0 spiro atoms. The Balaban J connectivity index is 0.00000162. The number of aromatic nitrogens is 1. The summed E-state index contributed by atoms with van der Waals surface area (Å²) in [7, 11) is 0. The zero-order valence-corrected chi connectivity index (χ0v) is 12.5. The summed E-state index contributed by atoms with van der Waals surface area (Å²) in [6, 6.07) is 8.60. The fourth-order valence-corrected chi connectivity index (χ4v) is 2.54. The minimum absolute atomic E-state index is 0. The zero-order valence-electron chi connectivity index (χ0n) is 10.1. The van der Waals surface area contributed by atoms with E-state index in [0.717, 1.165) is 13.1 Å². The number of anilines is 1. The molecule has 0 aliphatic heterocycles. The smallest absolute Gasteiger partial charge is 0.180 e. The monoisotopic (exact) mass is 301 g/mol. The second kappa shape index (κ2) is 7.63. The molecular weight excluding hydrogens is 286 g/mol. The maximum absolute atomic E-state index is 5.57. The van der Waals surface area contributed by atoms with Gasteiger partial charge in [-0.1, -0.05) is 12.1 Å². The number of thioether (sulfide) groups is 1. The van der Waals surface area contributed by atoms with Crippen LogP contribution < -0.4 is 11.1 Å². The second-order valence-electron chi connectivity index (χ2n) is 3.62. The molecular formula is C12H16ClN3S2. The molecule has 2 rings (SSSR count). The van der Waals surface area contributed by atoms with Gasteiger partial charge in [0, 0.05) is 29.1 Å². The molecule has 1 aromatic carbocycles. The summed E-state index contributed by atoms with van der Waals surface area (Å²) in [5, 5.41) is 4.01. The number of hydrogen-bond donors (Lipinski definition) is 2. The fourth-order valence-electron chi connectivity index (χ4n) is 1.48. The Kier molecular flexibility index (Phi) is 6.49. The first kappa shape index (κ1) is 15.3. The Bertz CT molecular complexity index is 470. The first-order chi connectivity index (χ1) is 8.28. The quantitative estimate of drug-likeness (QED) is 0.833. The Morgan fingerprint density at radius 1 is 1.28 bits per heavy atom. The van der Waals surface area contributed by atoms with Crippen LogP contribution in [0, 0.1) is 0 Å². The molecule has 2 aromatic rings. The van der Waals surface area contributed by atoms with Crippen molar-refractivity contribution < 1.29 is 0 Å². The highest BCUT2D eigenvalue weighted by Gasteiger charge is 1.98. The average Bonchev–Trinajstić information content (AvgIpc) is 2.76. The van der Waals surface area contributed by atoms with Crippen LogP contribution in [0.2, 0.25) is 0 Å². The van der Waals surface area contributed by atoms with Crippen molar-refractivity contribution in [2.75, 3.05) is 12.0 Å². The van der Waals surface area contributed by atoms with Gasteiger partial charge in [0.2, 0.25) is 0 Å². The molecule has 0 unspecified atom stereocenters. The first-order valence-corrected chi connectivity index (χ1v) is 7.36. The van der Waals surface area contributed by atoms with E-state index in [4.69, 9.17) is 5.73 Å². The van der Waals surface area contributed by atoms with Crippen LogP contribution in [0.5, 0.6) is 0 Å². The van der Waals surface area contributed by atoms with Crippen LogP contribution in [0.4, 0.5) is 5.13 Å². The minimum atomic E-state index is 0. The average molecular weight is 302 g/mol. The third-order valence-corrected chi connectivity index (χ3v) is 3.93. The molecule has 18 heavy (non-hydrogen) atoms. The van der Waals surface area contributed by atoms with E-state index < -0.39 is 0 Å². The zero-order chi connectivity index (χ0) is 12.1. The number of nitrogens with zero attached hydrogens (tertiary/aromatic N) is 1. The van der Waals surface area contributed by atoms with E-state index in [1.807, 2.05) is 6.20 Å². The number of halogens is 1. The van der Waals surface area contributed by atoms with Gasteiger partial charge in [-0.05, 0) is 24.0 Å². The van der Waals surface area contributed by atoms with Gasteiger partial charge in [0.25, 0.3) is 0 Å². The van der Waals surface area contributed by atoms with Gasteiger partial charge in [-0.3, -0.25) is 0 Å². The molecule has 0 radical (unpaired) electrons. The molecule has 0 aliphatic carbocycles. The number of thiazole rings is 1. The summed E-state index contributed by atoms with van der Waals surface area (Å²) in [6.45, 7) is 1.69. The number of hydrogen-bond acceptors (Lipinski definition) is 5. The Hall–Kier alpha value is -0.750. The summed E-state index contributed by atoms with van der Waals surface area (Å²) in [5.41, 5.74) is 6.86. The topological polar surface area (TPSA) is 50.9 Å². The molecule has 3 nitrogen and oxygen atoms in total. The lowest BCUT2D eigenvalue weighted by Crippen LogP contribution is -2.11. The highest BCUT2D eigenvalue weighted by Crippen LogP contribution is 2.16. The molecule has 0 bridgehead atoms. The van der Waals surface area contributed by atoms with Gasteiger partial charge >= 0.3 is 0 Å². The molecule has 0 amide bonds. The van der Waals surface area contributed by atoms with Crippen molar-refractivity contribution in [2.45, 2.75) is 18.0 Å². The lowest BCUT2D eigenvalue weighted by atomic mass is 10.2. The standard InChI is InChI=1S/C12H15N3S2.ClH/c1-16-10-4-2-9(3-5-10)6-14-7-11-8-15-12(13)17-11;/h2-5,8,14H,6-7H2,1H3,(H2,13,15);1H. The Morgan fingerprint density at radius 3 is 2.56 bits per heavy atom. The van der Waals surface area contributed by atoms with Gasteiger partial charge in [0.1, 0.15) is 0 Å². The summed E-state index contributed by atoms with van der Waals surface area (Å²) >= 11 is 3.29. The normalized spacial score (nSPS) is 10.1. The molecule has 0 saturated carbocycles. The van der Waals surface area contributed by atoms with Crippen molar-refractivity contribution in [1.82, 2.24) is 10.3 Å². The van der Waals surface area contributed by atoms with Crippen LogP contribution in [0.15, 0.2) is 35.4 Å². The van der Waals surface area contributed by atoms with Gasteiger partial charge in [0.15, 0.2) is 5.13 Å². The molecule has 6 heteroatoms. The van der Waals surface area contributed by atoms with Crippen LogP contribution in [0.3, 0.4) is 0 Å². The number of nitrogens with one attached hydrogen (secondary N) is 1. The molecule has 1 heterocycles. The van der Waals surface area contributed by atoms with Gasteiger partial charge in [-0.15, -0.1) is 35.5 Å². The van der Waals surface area contributed by atoms with E-state index in [9.17, 15) is 0 Å². The van der Waals surface area contributed by atoms with Gasteiger partial charge in [-0.25, -0.2) is 4.98 Å². The van der Waals surface area contributed by atoms with E-state index in [-0.39, 0.29) is 12.4 Å². The van der Waals surface area contributed by atoms with Crippen LogP contribution in [0.1, 0.15) is 10.4 Å². The van der Waals surface area contributed by atoms with Crippen LogP contribution in [-0.2, 0) is 13.1 Å². The van der Waals surface area contributed by atoms with Crippen LogP contribution in [0.25, 0.3) is 0 Å². The van der Waals surface area contributed by atoms with Crippen molar-refractivity contribution in [1.29, 1.82) is 0 Å². The molecule has 98 valence electrons. The first-order valence-electron chi connectivity index (χ1n) is 5.32. The molecule has 0 saturated heterocycles. The molecule has 0 aliphatic rings. The Morgan fingerprint density at radius 2 is 2.00 bits per heavy atom. The molecule has 0 fully saturated rings. The van der Waals surface area contributed by atoms with E-state index >= 15 is 0 Å². The summed E-state index contributed by atoms with van der Waals surface area (Å²) < 4.78 is 0. The van der Waals surface area contributed by atoms with Gasteiger partial charge in [0.05, 0.1) is 0 Å². The lowest BCUT2D eigenvalue weighted by molar-refractivity contribution is 0.699. The maximum Gasteiger partial charge on any atom is 0.180 e. The Labute approximate surface area is 122 Å². The van der Waals surface area contributed by atoms with E-state index in [1.165, 1.54) is 26.7 Å². The predicted octanol–water partition coefficient (Wildman–Crippen LogP) is 3.16. The number of nitrogen functional groups attached to an aromatic ring is 1. The second-order valence-corrected chi connectivity index (χ2v) is 5.64. The number of nitrogens with two attached hydrogens (primary N) is 1. The molecule has 1 aromatic heterocycles. The summed E-state index contributed by atoms with van der Waals surface area (Å²) in [5.74, 6) is 0. The van der Waals surface area contributed by atoms with Crippen molar-refractivity contribution in [3.63, 3.8) is 0 Å². The number of benzene rings is 1. The third kappa shape index (κ3) is 4.49. The van der Waals surface area contributed by atoms with Crippen molar-refractivity contribution in [3.05, 3.63) is 40.9 Å². The molecule has 3 N–H and O–H groups in total. The third-order valence-electron chi connectivity index (χ3n) is 2.36. The largest absolute Gasteiger partial charge is 0.375 e. The van der Waals surface area contributed by atoms with E-state index in [2.05, 4.69) is 40.8 Å². The van der Waals surface area contributed by atoms with Crippen molar-refractivity contribution >= 4 is 40.6 Å². The minimum Gasteiger partial charge on any atom is -0.375 e. The van der Waals surface area contributed by atoms with Crippen LogP contribution in [-0.4, -0.2) is 11.2 Å². The van der Waals surface area contributed by atoms with Crippen molar-refractivity contribution in [3.8, 4) is 0 Å². The van der Waals surface area contributed by atoms with E-state index in [1.54, 1.807) is 11.8 Å². The summed E-state index contributed by atoms with van der Waals surface area (Å²) in [4.78, 5) is 6.48. The highest BCUT2D eigenvalue weighted by atomic mass is 35.5. The lowest BCUT2D eigenvalue weighted by Gasteiger charge is -2.04. The maximum atomic E-state index is 5.57. The van der Waals surface area contributed by atoms with Crippen LogP contribution >= 0.6 is 35.5 Å². The fraction of sp³-hybridized carbons (Fsp3) is 0.250. The van der Waals surface area contributed by atoms with Gasteiger partial charge < -0.3 is 11.1 Å². The predicted molar refractivity (Wildman–Crippen MR) is 82.5 cm³/mol. The SMILES string of the molecule is CSc1ccc(CNCc2cnc(N)s2)cc1.Cl. The van der Waals surface area contributed by atoms with Gasteiger partial charge in [-0.2, -0.15) is 0 Å². The highest BCUT2D eigenvalue weighted by molar-refractivity contribution is 7.98. The molecule has 0 atom stereocenters. The van der Waals surface area contributed by atoms with E-state index in [0.29, 0.717) is 5.13 Å². The van der Waals surface area contributed by atoms with Crippen molar-refractivity contribution in [2.24, 2.45) is 0 Å².